The molecule has 0 spiro atoms. The number of urea groups is 1. The van der Waals surface area contributed by atoms with Crippen molar-refractivity contribution in [2.24, 2.45) is 0 Å². The first-order valence-corrected chi connectivity index (χ1v) is 7.62. The first-order valence-electron chi connectivity index (χ1n) is 7.62. The van der Waals surface area contributed by atoms with Gasteiger partial charge in [0.05, 0.1) is 25.5 Å². The van der Waals surface area contributed by atoms with Gasteiger partial charge >= 0.3 is 12.0 Å². The smallest absolute Gasteiger partial charge is 0.337 e. The molecule has 0 radical (unpaired) electrons. The van der Waals surface area contributed by atoms with Crippen LogP contribution in [0.25, 0.3) is 0 Å². The maximum atomic E-state index is 12.3. The van der Waals surface area contributed by atoms with E-state index in [9.17, 15) is 9.59 Å². The van der Waals surface area contributed by atoms with Crippen molar-refractivity contribution in [2.75, 3.05) is 19.5 Å². The lowest BCUT2D eigenvalue weighted by Crippen LogP contribution is -2.32. The third-order valence-electron chi connectivity index (χ3n) is 3.42. The molecule has 9 nitrogen and oxygen atoms in total. The molecule has 25 heavy (non-hydrogen) atoms. The van der Waals surface area contributed by atoms with Crippen LogP contribution < -0.4 is 15.4 Å². The number of esters is 1. The number of rotatable bonds is 6. The molecule has 2 rings (SSSR count). The van der Waals surface area contributed by atoms with Gasteiger partial charge < -0.3 is 24.6 Å². The van der Waals surface area contributed by atoms with E-state index in [4.69, 9.17) is 9.26 Å². The third kappa shape index (κ3) is 4.46. The molecule has 9 heteroatoms. The predicted molar refractivity (Wildman–Crippen MR) is 88.6 cm³/mol. The van der Waals surface area contributed by atoms with Gasteiger partial charge in [0, 0.05) is 0 Å². The van der Waals surface area contributed by atoms with Crippen LogP contribution in [-0.2, 0) is 4.74 Å². The zero-order valence-corrected chi connectivity index (χ0v) is 14.5. The Morgan fingerprint density at radius 3 is 2.64 bits per heavy atom. The number of nitrogens with zero attached hydrogens (tertiary/aromatic N) is 2. The molecule has 0 aliphatic heterocycles. The summed E-state index contributed by atoms with van der Waals surface area (Å²) in [6, 6.07) is 3.66. The Kier molecular flexibility index (Phi) is 5.93. The quantitative estimate of drug-likeness (QED) is 0.770. The zero-order chi connectivity index (χ0) is 18.4. The van der Waals surface area contributed by atoms with Crippen molar-refractivity contribution in [3.8, 4) is 5.75 Å². The molecule has 0 fully saturated rings. The van der Waals surface area contributed by atoms with Crippen molar-refractivity contribution in [1.29, 1.82) is 0 Å². The molecular formula is C16H20N4O5. The molecule has 0 aliphatic rings. The second kappa shape index (κ2) is 8.13. The Morgan fingerprint density at radius 1 is 1.32 bits per heavy atom. The number of hydrogen-bond acceptors (Lipinski definition) is 7. The minimum atomic E-state index is -0.515. The second-order valence-corrected chi connectivity index (χ2v) is 5.15. The van der Waals surface area contributed by atoms with Crippen molar-refractivity contribution in [3.63, 3.8) is 0 Å². The van der Waals surface area contributed by atoms with Gasteiger partial charge in [0.15, 0.2) is 5.82 Å². The summed E-state index contributed by atoms with van der Waals surface area (Å²) in [5.41, 5.74) is 0.623. The SMILES string of the molecule is CC[C@@H](NC(=O)Nc1cc(C(=O)OC)ccc1OC)c1nc(C)no1. The highest BCUT2D eigenvalue weighted by atomic mass is 16.5. The van der Waals surface area contributed by atoms with Crippen LogP contribution in [0.15, 0.2) is 22.7 Å². The lowest BCUT2D eigenvalue weighted by atomic mass is 10.2. The molecule has 0 bridgehead atoms. The molecular weight excluding hydrogens is 328 g/mol. The van der Waals surface area contributed by atoms with Crippen molar-refractivity contribution in [2.45, 2.75) is 26.3 Å². The average molecular weight is 348 g/mol. The molecule has 2 aromatic rings. The highest BCUT2D eigenvalue weighted by molar-refractivity contribution is 5.95. The molecule has 1 atom stereocenters. The number of aryl methyl sites for hydroxylation is 1. The number of nitrogens with one attached hydrogen (secondary N) is 2. The van der Waals surface area contributed by atoms with Crippen molar-refractivity contribution >= 4 is 17.7 Å². The summed E-state index contributed by atoms with van der Waals surface area (Å²) in [5.74, 6) is 0.705. The Morgan fingerprint density at radius 2 is 2.08 bits per heavy atom. The first-order chi connectivity index (χ1) is 12.0. The normalized spacial score (nSPS) is 11.5. The minimum absolute atomic E-state index is 0.290. The summed E-state index contributed by atoms with van der Waals surface area (Å²) in [5, 5.41) is 9.11. The molecule has 1 aromatic carbocycles. The lowest BCUT2D eigenvalue weighted by molar-refractivity contribution is 0.0600. The fourth-order valence-corrected chi connectivity index (χ4v) is 2.16. The monoisotopic (exact) mass is 348 g/mol. The van der Waals surface area contributed by atoms with Crippen LogP contribution in [0.3, 0.4) is 0 Å². The van der Waals surface area contributed by atoms with E-state index in [1.54, 1.807) is 19.1 Å². The van der Waals surface area contributed by atoms with Crippen molar-refractivity contribution in [1.82, 2.24) is 15.5 Å². The molecule has 0 saturated carbocycles. The Hall–Kier alpha value is -3.10. The number of carbonyl (C=O) groups excluding carboxylic acids is 2. The molecule has 2 amide bonds. The molecule has 0 unspecified atom stereocenters. The van der Waals surface area contributed by atoms with E-state index in [1.807, 2.05) is 6.92 Å². The Bertz CT molecular complexity index is 759. The number of aromatic nitrogens is 2. The second-order valence-electron chi connectivity index (χ2n) is 5.15. The van der Waals surface area contributed by atoms with E-state index in [0.717, 1.165) is 0 Å². The number of amides is 2. The Labute approximate surface area is 144 Å². The number of methoxy groups -OCH3 is 2. The lowest BCUT2D eigenvalue weighted by Gasteiger charge is -2.15. The van der Waals surface area contributed by atoms with Gasteiger partial charge in [0.1, 0.15) is 11.8 Å². The largest absolute Gasteiger partial charge is 0.495 e. The highest BCUT2D eigenvalue weighted by Gasteiger charge is 2.20. The zero-order valence-electron chi connectivity index (χ0n) is 14.5. The third-order valence-corrected chi connectivity index (χ3v) is 3.42. The molecule has 1 heterocycles. The number of benzene rings is 1. The van der Waals surface area contributed by atoms with E-state index < -0.39 is 18.0 Å². The van der Waals surface area contributed by atoms with E-state index in [0.29, 0.717) is 29.6 Å². The van der Waals surface area contributed by atoms with Gasteiger partial charge in [-0.3, -0.25) is 0 Å². The predicted octanol–water partition coefficient (Wildman–Crippen LogP) is 2.45. The van der Waals surface area contributed by atoms with Crippen LogP contribution in [-0.4, -0.2) is 36.4 Å². The number of carbonyl (C=O) groups is 2. The van der Waals surface area contributed by atoms with E-state index in [1.165, 1.54) is 20.3 Å². The van der Waals surface area contributed by atoms with Gasteiger partial charge in [-0.05, 0) is 31.5 Å². The van der Waals surface area contributed by atoms with Gasteiger partial charge in [0.2, 0.25) is 5.89 Å². The Balaban J connectivity index is 2.14. The fourth-order valence-electron chi connectivity index (χ4n) is 2.16. The van der Waals surface area contributed by atoms with Gasteiger partial charge in [-0.2, -0.15) is 4.98 Å². The molecule has 134 valence electrons. The van der Waals surface area contributed by atoms with E-state index in [-0.39, 0.29) is 5.56 Å². The summed E-state index contributed by atoms with van der Waals surface area (Å²) in [4.78, 5) is 28.1. The van der Waals surface area contributed by atoms with Crippen molar-refractivity contribution < 1.29 is 23.6 Å². The standard InChI is InChI=1S/C16H20N4O5/c1-5-11(14-17-9(2)20-25-14)18-16(22)19-12-8-10(15(21)24-4)6-7-13(12)23-3/h6-8,11H,5H2,1-4H3,(H2,18,19,22)/t11-/m1/s1. The van der Waals surface area contributed by atoms with Gasteiger partial charge in [-0.1, -0.05) is 12.1 Å². The molecule has 0 aliphatic carbocycles. The summed E-state index contributed by atoms with van der Waals surface area (Å²) >= 11 is 0. The van der Waals surface area contributed by atoms with E-state index in [2.05, 4.69) is 25.5 Å². The minimum Gasteiger partial charge on any atom is -0.495 e. The van der Waals surface area contributed by atoms with Crippen LogP contribution in [0.1, 0.15) is 41.5 Å². The number of anilines is 1. The summed E-state index contributed by atoms with van der Waals surface area (Å²) in [6.45, 7) is 3.58. The van der Waals surface area contributed by atoms with Gasteiger partial charge in [-0.25, -0.2) is 9.59 Å². The van der Waals surface area contributed by atoms with Crippen LogP contribution in [0.2, 0.25) is 0 Å². The number of hydrogen-bond donors (Lipinski definition) is 2. The van der Waals surface area contributed by atoms with Gasteiger partial charge in [0.25, 0.3) is 0 Å². The molecule has 1 aromatic heterocycles. The van der Waals surface area contributed by atoms with E-state index >= 15 is 0 Å². The fraction of sp³-hybridized carbons (Fsp3) is 0.375. The van der Waals surface area contributed by atoms with Crippen LogP contribution >= 0.6 is 0 Å². The van der Waals surface area contributed by atoms with Crippen molar-refractivity contribution in [3.05, 3.63) is 35.5 Å². The van der Waals surface area contributed by atoms with Gasteiger partial charge in [-0.15, -0.1) is 0 Å². The van der Waals surface area contributed by atoms with Crippen LogP contribution in [0.5, 0.6) is 5.75 Å². The molecule has 0 saturated heterocycles. The summed E-state index contributed by atoms with van der Waals surface area (Å²) < 4.78 is 15.0. The average Bonchev–Trinajstić information content (AvgIpc) is 3.05. The first kappa shape index (κ1) is 18.2. The summed E-state index contributed by atoms with van der Waals surface area (Å²) in [6.07, 6.45) is 0.564. The van der Waals surface area contributed by atoms with Crippen LogP contribution in [0.4, 0.5) is 10.5 Å². The maximum Gasteiger partial charge on any atom is 0.337 e. The molecule has 2 N–H and O–H groups in total. The van der Waals surface area contributed by atoms with Crippen LogP contribution in [0, 0.1) is 6.92 Å². The topological polar surface area (TPSA) is 116 Å². The number of ether oxygens (including phenoxy) is 2. The maximum absolute atomic E-state index is 12.3. The highest BCUT2D eigenvalue weighted by Crippen LogP contribution is 2.26. The summed E-state index contributed by atoms with van der Waals surface area (Å²) in [7, 11) is 2.75.